The van der Waals surface area contributed by atoms with Gasteiger partial charge in [-0.2, -0.15) is 0 Å². The number of aliphatic carboxylic acids is 1. The third-order valence-corrected chi connectivity index (χ3v) is 4.08. The normalized spacial score (nSPS) is 13.9. The summed E-state index contributed by atoms with van der Waals surface area (Å²) in [5, 5.41) is 21.0. The highest BCUT2D eigenvalue weighted by Gasteiger charge is 2.33. The molecule has 1 unspecified atom stereocenters. The number of aromatic nitrogens is 4. The standard InChI is InChI=1S/C13H15IN4O2/c1-3-13(2,12(19)20)8-18-11(15-16-17-18)9-5-4-6-10(14)7-9/h4-7H,3,8H2,1-2H3,(H,19,20). The second-order valence-corrected chi connectivity index (χ2v) is 6.14. The number of carboxylic acid groups (broad SMARTS) is 1. The zero-order valence-electron chi connectivity index (χ0n) is 11.2. The molecule has 0 radical (unpaired) electrons. The van der Waals surface area contributed by atoms with Crippen molar-refractivity contribution in [3.05, 3.63) is 27.8 Å². The van der Waals surface area contributed by atoms with E-state index in [2.05, 4.69) is 38.1 Å². The van der Waals surface area contributed by atoms with Crippen molar-refractivity contribution in [2.24, 2.45) is 5.41 Å². The number of rotatable bonds is 5. The van der Waals surface area contributed by atoms with Crippen LogP contribution in [0.15, 0.2) is 24.3 Å². The van der Waals surface area contributed by atoms with E-state index in [-0.39, 0.29) is 6.54 Å². The average Bonchev–Trinajstić information content (AvgIpc) is 2.86. The predicted octanol–water partition coefficient (Wildman–Crippen LogP) is 2.45. The highest BCUT2D eigenvalue weighted by atomic mass is 127. The van der Waals surface area contributed by atoms with Crippen LogP contribution in [0.2, 0.25) is 0 Å². The summed E-state index contributed by atoms with van der Waals surface area (Å²) in [5.41, 5.74) is -0.00256. The van der Waals surface area contributed by atoms with Crippen molar-refractivity contribution in [3.8, 4) is 11.4 Å². The Morgan fingerprint density at radius 2 is 2.25 bits per heavy atom. The van der Waals surface area contributed by atoms with E-state index < -0.39 is 11.4 Å². The van der Waals surface area contributed by atoms with E-state index in [1.165, 1.54) is 0 Å². The molecule has 7 heteroatoms. The van der Waals surface area contributed by atoms with Crippen LogP contribution in [0.1, 0.15) is 20.3 Å². The summed E-state index contributed by atoms with van der Waals surface area (Å²) in [6, 6.07) is 7.78. The van der Waals surface area contributed by atoms with E-state index >= 15 is 0 Å². The van der Waals surface area contributed by atoms with Crippen molar-refractivity contribution in [1.82, 2.24) is 20.2 Å². The molecular weight excluding hydrogens is 371 g/mol. The first-order valence-corrected chi connectivity index (χ1v) is 7.29. The lowest BCUT2D eigenvalue weighted by Gasteiger charge is -2.22. The van der Waals surface area contributed by atoms with Crippen molar-refractivity contribution in [3.63, 3.8) is 0 Å². The van der Waals surface area contributed by atoms with Gasteiger partial charge in [0.15, 0.2) is 5.82 Å². The van der Waals surface area contributed by atoms with Gasteiger partial charge in [0, 0.05) is 9.13 Å². The molecule has 20 heavy (non-hydrogen) atoms. The number of nitrogens with zero attached hydrogens (tertiary/aromatic N) is 4. The van der Waals surface area contributed by atoms with Crippen LogP contribution in [-0.4, -0.2) is 31.3 Å². The molecule has 1 N–H and O–H groups in total. The van der Waals surface area contributed by atoms with Crippen LogP contribution in [0.25, 0.3) is 11.4 Å². The third kappa shape index (κ3) is 2.97. The fourth-order valence-electron chi connectivity index (χ4n) is 1.81. The predicted molar refractivity (Wildman–Crippen MR) is 82.0 cm³/mol. The second kappa shape index (κ2) is 5.86. The topological polar surface area (TPSA) is 80.9 Å². The number of tetrazole rings is 1. The molecule has 1 aromatic carbocycles. The summed E-state index contributed by atoms with van der Waals surface area (Å²) >= 11 is 2.22. The molecule has 0 bridgehead atoms. The lowest BCUT2D eigenvalue weighted by Crippen LogP contribution is -2.32. The Kier molecular flexibility index (Phi) is 4.36. The SMILES string of the molecule is CCC(C)(Cn1nnnc1-c1cccc(I)c1)C(=O)O. The first-order valence-electron chi connectivity index (χ1n) is 6.22. The largest absolute Gasteiger partial charge is 0.481 e. The van der Waals surface area contributed by atoms with Gasteiger partial charge in [0.05, 0.1) is 12.0 Å². The highest BCUT2D eigenvalue weighted by Crippen LogP contribution is 2.26. The Hall–Kier alpha value is -1.51. The van der Waals surface area contributed by atoms with E-state index in [9.17, 15) is 9.90 Å². The Morgan fingerprint density at radius 3 is 2.85 bits per heavy atom. The molecule has 0 amide bonds. The van der Waals surface area contributed by atoms with Crippen molar-refractivity contribution >= 4 is 28.6 Å². The molecule has 0 spiro atoms. The summed E-state index contributed by atoms with van der Waals surface area (Å²) in [4.78, 5) is 11.4. The summed E-state index contributed by atoms with van der Waals surface area (Å²) in [6.07, 6.45) is 0.508. The fraction of sp³-hybridized carbons (Fsp3) is 0.385. The Labute approximate surface area is 130 Å². The fourth-order valence-corrected chi connectivity index (χ4v) is 2.35. The van der Waals surface area contributed by atoms with Crippen molar-refractivity contribution in [2.75, 3.05) is 0 Å². The van der Waals surface area contributed by atoms with E-state index in [1.54, 1.807) is 11.6 Å². The molecule has 0 aliphatic carbocycles. The summed E-state index contributed by atoms with van der Waals surface area (Å²) in [6.45, 7) is 3.80. The molecule has 0 aliphatic rings. The van der Waals surface area contributed by atoms with Crippen LogP contribution < -0.4 is 0 Å². The van der Waals surface area contributed by atoms with Gasteiger partial charge in [-0.1, -0.05) is 19.1 Å². The first kappa shape index (κ1) is 14.9. The zero-order valence-corrected chi connectivity index (χ0v) is 13.4. The van der Waals surface area contributed by atoms with Crippen LogP contribution >= 0.6 is 22.6 Å². The number of carboxylic acids is 1. The van der Waals surface area contributed by atoms with Gasteiger partial charge in [-0.15, -0.1) is 5.10 Å². The number of hydrogen-bond donors (Lipinski definition) is 1. The number of carbonyl (C=O) groups is 1. The molecule has 1 aromatic heterocycles. The van der Waals surface area contributed by atoms with Crippen molar-refractivity contribution < 1.29 is 9.90 Å². The lowest BCUT2D eigenvalue weighted by molar-refractivity contribution is -0.149. The molecule has 106 valence electrons. The molecule has 1 heterocycles. The minimum Gasteiger partial charge on any atom is -0.481 e. The monoisotopic (exact) mass is 386 g/mol. The highest BCUT2D eigenvalue weighted by molar-refractivity contribution is 14.1. The molecule has 6 nitrogen and oxygen atoms in total. The average molecular weight is 386 g/mol. The first-order chi connectivity index (χ1) is 9.46. The minimum absolute atomic E-state index is 0.243. The smallest absolute Gasteiger partial charge is 0.311 e. The molecule has 0 fully saturated rings. The van der Waals surface area contributed by atoms with Crippen LogP contribution in [0.5, 0.6) is 0 Å². The van der Waals surface area contributed by atoms with Gasteiger partial charge in [0.2, 0.25) is 0 Å². The molecule has 0 aliphatic heterocycles. The summed E-state index contributed by atoms with van der Waals surface area (Å²) in [7, 11) is 0. The van der Waals surface area contributed by atoms with Gasteiger partial charge >= 0.3 is 5.97 Å². The van der Waals surface area contributed by atoms with Crippen LogP contribution in [0.3, 0.4) is 0 Å². The molecule has 0 saturated heterocycles. The lowest BCUT2D eigenvalue weighted by atomic mass is 9.88. The van der Waals surface area contributed by atoms with Gasteiger partial charge in [-0.3, -0.25) is 4.79 Å². The van der Waals surface area contributed by atoms with Crippen LogP contribution in [-0.2, 0) is 11.3 Å². The molecule has 0 saturated carbocycles. The van der Waals surface area contributed by atoms with Crippen molar-refractivity contribution in [1.29, 1.82) is 0 Å². The van der Waals surface area contributed by atoms with Gasteiger partial charge in [0.25, 0.3) is 0 Å². The van der Waals surface area contributed by atoms with Gasteiger partial charge < -0.3 is 5.11 Å². The van der Waals surface area contributed by atoms with E-state index in [0.29, 0.717) is 12.2 Å². The molecule has 1 atom stereocenters. The number of halogens is 1. The summed E-state index contributed by atoms with van der Waals surface area (Å²) in [5.74, 6) is -0.256. The van der Waals surface area contributed by atoms with Gasteiger partial charge in [0.1, 0.15) is 0 Å². The van der Waals surface area contributed by atoms with E-state index in [4.69, 9.17) is 0 Å². The number of hydrogen-bond acceptors (Lipinski definition) is 4. The molecule has 2 rings (SSSR count). The molecular formula is C13H15IN4O2. The quantitative estimate of drug-likeness (QED) is 0.799. The minimum atomic E-state index is -0.883. The third-order valence-electron chi connectivity index (χ3n) is 3.41. The molecule has 2 aromatic rings. The maximum atomic E-state index is 11.4. The van der Waals surface area contributed by atoms with E-state index in [1.807, 2.05) is 31.2 Å². The zero-order chi connectivity index (χ0) is 14.8. The van der Waals surface area contributed by atoms with Crippen LogP contribution in [0.4, 0.5) is 0 Å². The Morgan fingerprint density at radius 1 is 1.50 bits per heavy atom. The van der Waals surface area contributed by atoms with Gasteiger partial charge in [-0.25, -0.2) is 4.68 Å². The number of benzene rings is 1. The summed E-state index contributed by atoms with van der Waals surface area (Å²) < 4.78 is 2.63. The Balaban J connectivity index is 2.37. The Bertz CT molecular complexity index is 628. The second-order valence-electron chi connectivity index (χ2n) is 4.89. The van der Waals surface area contributed by atoms with Gasteiger partial charge in [-0.05, 0) is 58.5 Å². The van der Waals surface area contributed by atoms with Crippen molar-refractivity contribution in [2.45, 2.75) is 26.8 Å². The maximum Gasteiger partial charge on any atom is 0.311 e. The van der Waals surface area contributed by atoms with E-state index in [0.717, 1.165) is 9.13 Å². The maximum absolute atomic E-state index is 11.4. The van der Waals surface area contributed by atoms with Crippen LogP contribution in [0, 0.1) is 8.99 Å².